The summed E-state index contributed by atoms with van der Waals surface area (Å²) in [4.78, 5) is 27.9. The molecule has 0 N–H and O–H groups in total. The second-order valence-corrected chi connectivity index (χ2v) is 5.84. The van der Waals surface area contributed by atoms with Gasteiger partial charge in [-0.2, -0.15) is 5.26 Å². The fourth-order valence-electron chi connectivity index (χ4n) is 1.95. The van der Waals surface area contributed by atoms with Crippen molar-refractivity contribution in [2.45, 2.75) is 26.2 Å². The summed E-state index contributed by atoms with van der Waals surface area (Å²) in [7, 11) is 0. The maximum atomic E-state index is 12.1. The number of nitrogens with zero attached hydrogens (tertiary/aromatic N) is 2. The van der Waals surface area contributed by atoms with Crippen molar-refractivity contribution in [3.8, 4) is 11.8 Å². The number of hydrogen-bond acceptors (Lipinski definition) is 6. The Morgan fingerprint density at radius 3 is 2.57 bits per heavy atom. The summed E-state index contributed by atoms with van der Waals surface area (Å²) >= 11 is 1.29. The van der Waals surface area contributed by atoms with Gasteiger partial charge in [-0.15, -0.1) is 11.3 Å². The molecule has 0 spiro atoms. The van der Waals surface area contributed by atoms with Crippen LogP contribution < -0.4 is 4.74 Å². The molecule has 0 aliphatic rings. The fraction of sp³-hybridized carbons (Fsp3) is 0.294. The molecular weight excluding hydrogens is 312 g/mol. The van der Waals surface area contributed by atoms with E-state index in [1.807, 2.05) is 13.0 Å². The third-order valence-electron chi connectivity index (χ3n) is 3.21. The average Bonchev–Trinajstić information content (AvgIpc) is 2.99. The Morgan fingerprint density at radius 1 is 1.35 bits per heavy atom. The Hall–Kier alpha value is -2.52. The van der Waals surface area contributed by atoms with Gasteiger partial charge in [-0.25, -0.2) is 4.98 Å². The smallest absolute Gasteiger partial charge is 0.194 e. The van der Waals surface area contributed by atoms with E-state index in [-0.39, 0.29) is 18.2 Å². The summed E-state index contributed by atoms with van der Waals surface area (Å²) < 4.78 is 5.41. The summed E-state index contributed by atoms with van der Waals surface area (Å²) in [6, 6.07) is 8.59. The quantitative estimate of drug-likeness (QED) is 0.729. The van der Waals surface area contributed by atoms with E-state index in [4.69, 9.17) is 4.74 Å². The van der Waals surface area contributed by atoms with Gasteiger partial charge in [0.1, 0.15) is 17.4 Å². The van der Waals surface area contributed by atoms with Crippen LogP contribution in [0.5, 0.6) is 5.75 Å². The number of hydrogen-bond donors (Lipinski definition) is 0. The molecule has 0 bridgehead atoms. The third kappa shape index (κ3) is 4.24. The summed E-state index contributed by atoms with van der Waals surface area (Å²) in [5.74, 6) is -0.709. The zero-order chi connectivity index (χ0) is 16.8. The predicted octanol–water partition coefficient (Wildman–Crippen LogP) is 3.30. The van der Waals surface area contributed by atoms with Crippen LogP contribution >= 0.6 is 11.3 Å². The molecule has 118 valence electrons. The van der Waals surface area contributed by atoms with E-state index in [0.717, 1.165) is 5.69 Å². The maximum absolute atomic E-state index is 12.1. The Labute approximate surface area is 138 Å². The zero-order valence-corrected chi connectivity index (χ0v) is 13.7. The first kappa shape index (κ1) is 16.8. The molecule has 2 aromatic rings. The Kier molecular flexibility index (Phi) is 5.61. The predicted molar refractivity (Wildman–Crippen MR) is 86.8 cm³/mol. The lowest BCUT2D eigenvalue weighted by molar-refractivity contribution is -0.121. The molecule has 1 heterocycles. The van der Waals surface area contributed by atoms with Crippen LogP contribution in [0.1, 0.15) is 40.3 Å². The molecule has 0 saturated heterocycles. The lowest BCUT2D eigenvalue weighted by Crippen LogP contribution is -2.19. The normalized spacial score (nSPS) is 11.5. The number of ketones is 2. The molecule has 0 amide bonds. The molecule has 0 fully saturated rings. The highest BCUT2D eigenvalue weighted by Crippen LogP contribution is 2.21. The van der Waals surface area contributed by atoms with Crippen LogP contribution in [-0.4, -0.2) is 23.2 Å². The minimum atomic E-state index is -0.908. The van der Waals surface area contributed by atoms with E-state index in [0.29, 0.717) is 22.7 Å². The van der Waals surface area contributed by atoms with Crippen molar-refractivity contribution >= 4 is 22.9 Å². The number of ether oxygens (including phenoxy) is 1. The van der Waals surface area contributed by atoms with Gasteiger partial charge in [-0.05, 0) is 31.2 Å². The van der Waals surface area contributed by atoms with Crippen LogP contribution in [0.3, 0.4) is 0 Å². The van der Waals surface area contributed by atoms with E-state index >= 15 is 0 Å². The SMILES string of the molecule is CCC(=O)c1ccc(OCC(=O)[C@@H](C#N)c2nc(C)cs2)cc1. The number of benzene rings is 1. The lowest BCUT2D eigenvalue weighted by Gasteiger charge is -2.08. The van der Waals surface area contributed by atoms with Crippen molar-refractivity contribution in [2.75, 3.05) is 6.61 Å². The summed E-state index contributed by atoms with van der Waals surface area (Å²) in [5.41, 5.74) is 1.40. The number of aryl methyl sites for hydroxylation is 1. The van der Waals surface area contributed by atoms with Crippen LogP contribution in [0, 0.1) is 18.3 Å². The van der Waals surface area contributed by atoms with Gasteiger partial charge in [0.2, 0.25) is 0 Å². The first-order valence-electron chi connectivity index (χ1n) is 7.15. The standard InChI is InChI=1S/C17H16N2O3S/c1-3-15(20)12-4-6-13(7-5-12)22-9-16(21)14(8-18)17-19-11(2)10-23-17/h4-7,10,14H,3,9H2,1-2H3/t14-/m1/s1. The number of carbonyl (C=O) groups excluding carboxylic acids is 2. The minimum absolute atomic E-state index is 0.0521. The molecule has 0 radical (unpaired) electrons. The fourth-order valence-corrected chi connectivity index (χ4v) is 2.81. The molecule has 0 aliphatic carbocycles. The van der Waals surface area contributed by atoms with Gasteiger partial charge in [0.25, 0.3) is 0 Å². The maximum Gasteiger partial charge on any atom is 0.194 e. The van der Waals surface area contributed by atoms with E-state index in [9.17, 15) is 14.9 Å². The molecule has 0 saturated carbocycles. The van der Waals surface area contributed by atoms with Crippen molar-refractivity contribution in [3.63, 3.8) is 0 Å². The minimum Gasteiger partial charge on any atom is -0.486 e. The van der Waals surface area contributed by atoms with Crippen molar-refractivity contribution < 1.29 is 14.3 Å². The van der Waals surface area contributed by atoms with Gasteiger partial charge in [-0.1, -0.05) is 6.92 Å². The number of aromatic nitrogens is 1. The van der Waals surface area contributed by atoms with Crippen molar-refractivity contribution in [2.24, 2.45) is 0 Å². The molecule has 0 aliphatic heterocycles. The van der Waals surface area contributed by atoms with E-state index < -0.39 is 5.92 Å². The number of Topliss-reactive ketones (excluding diaryl/α,β-unsaturated/α-hetero) is 2. The van der Waals surface area contributed by atoms with Gasteiger partial charge < -0.3 is 4.74 Å². The highest BCUT2D eigenvalue weighted by atomic mass is 32.1. The van der Waals surface area contributed by atoms with Crippen LogP contribution in [0.2, 0.25) is 0 Å². The summed E-state index contributed by atoms with van der Waals surface area (Å²) in [6.45, 7) is 3.40. The third-order valence-corrected chi connectivity index (χ3v) is 4.24. The Morgan fingerprint density at radius 2 is 2.04 bits per heavy atom. The second-order valence-electron chi connectivity index (χ2n) is 4.95. The van der Waals surface area contributed by atoms with E-state index in [1.165, 1.54) is 11.3 Å². The molecule has 0 unspecified atom stereocenters. The Bertz CT molecular complexity index is 744. The molecule has 5 nitrogen and oxygen atoms in total. The summed E-state index contributed by atoms with van der Waals surface area (Å²) in [6.07, 6.45) is 0.440. The molecule has 6 heteroatoms. The highest BCUT2D eigenvalue weighted by molar-refractivity contribution is 7.09. The lowest BCUT2D eigenvalue weighted by atomic mass is 10.1. The van der Waals surface area contributed by atoms with Crippen LogP contribution in [0.15, 0.2) is 29.6 Å². The second kappa shape index (κ2) is 7.65. The van der Waals surface area contributed by atoms with Gasteiger partial charge >= 0.3 is 0 Å². The first-order valence-corrected chi connectivity index (χ1v) is 8.03. The largest absolute Gasteiger partial charge is 0.486 e. The average molecular weight is 328 g/mol. The van der Waals surface area contributed by atoms with Crippen LogP contribution in [0.4, 0.5) is 0 Å². The van der Waals surface area contributed by atoms with Crippen molar-refractivity contribution in [3.05, 3.63) is 45.9 Å². The van der Waals surface area contributed by atoms with Crippen molar-refractivity contribution in [1.29, 1.82) is 5.26 Å². The van der Waals surface area contributed by atoms with E-state index in [2.05, 4.69) is 4.98 Å². The highest BCUT2D eigenvalue weighted by Gasteiger charge is 2.23. The van der Waals surface area contributed by atoms with Gasteiger partial charge in [0.05, 0.1) is 6.07 Å². The molecule has 23 heavy (non-hydrogen) atoms. The van der Waals surface area contributed by atoms with Crippen LogP contribution in [0.25, 0.3) is 0 Å². The number of carbonyl (C=O) groups is 2. The van der Waals surface area contributed by atoms with Crippen molar-refractivity contribution in [1.82, 2.24) is 4.98 Å². The zero-order valence-electron chi connectivity index (χ0n) is 12.9. The van der Waals surface area contributed by atoms with Gasteiger partial charge in [-0.3, -0.25) is 9.59 Å². The topological polar surface area (TPSA) is 80.0 Å². The monoisotopic (exact) mass is 328 g/mol. The van der Waals surface area contributed by atoms with Crippen LogP contribution in [-0.2, 0) is 4.79 Å². The number of rotatable bonds is 7. The first-order chi connectivity index (χ1) is 11.0. The number of nitriles is 1. The molecule has 2 rings (SSSR count). The van der Waals surface area contributed by atoms with Gasteiger partial charge in [0, 0.05) is 23.1 Å². The van der Waals surface area contributed by atoms with Gasteiger partial charge in [0.15, 0.2) is 17.5 Å². The van der Waals surface area contributed by atoms with E-state index in [1.54, 1.807) is 36.6 Å². The number of thiazole rings is 1. The molecule has 1 aromatic heterocycles. The Balaban J connectivity index is 1.98. The molecule has 1 aromatic carbocycles. The molecular formula is C17H16N2O3S. The summed E-state index contributed by atoms with van der Waals surface area (Å²) in [5, 5.41) is 11.5. The molecule has 1 atom stereocenters.